The Kier molecular flexibility index (Phi) is 5.55. The normalized spacial score (nSPS) is 10.9. The zero-order chi connectivity index (χ0) is 19.4. The molecule has 0 saturated heterocycles. The van der Waals surface area contributed by atoms with Crippen molar-refractivity contribution in [3.05, 3.63) is 69.4 Å². The van der Waals surface area contributed by atoms with Gasteiger partial charge < -0.3 is 9.63 Å². The van der Waals surface area contributed by atoms with E-state index in [-0.39, 0.29) is 23.2 Å². The van der Waals surface area contributed by atoms with E-state index in [1.54, 1.807) is 36.5 Å². The number of halogens is 2. The van der Waals surface area contributed by atoms with Gasteiger partial charge in [-0.25, -0.2) is 4.79 Å². The van der Waals surface area contributed by atoms with Crippen LogP contribution in [0.1, 0.15) is 21.7 Å². The lowest BCUT2D eigenvalue weighted by molar-refractivity contribution is 0.0697. The highest BCUT2D eigenvalue weighted by Gasteiger charge is 2.21. The first-order valence-electron chi connectivity index (χ1n) is 7.70. The number of aromatic nitrogens is 1. The monoisotopic (exact) mass is 399 g/mol. The van der Waals surface area contributed by atoms with Crippen molar-refractivity contribution in [3.8, 4) is 17.3 Å². The van der Waals surface area contributed by atoms with Crippen LogP contribution >= 0.6 is 23.2 Å². The zero-order valence-corrected chi connectivity index (χ0v) is 15.2. The Morgan fingerprint density at radius 1 is 1.22 bits per heavy atom. The van der Waals surface area contributed by atoms with Gasteiger partial charge in [0.15, 0.2) is 5.76 Å². The van der Waals surface area contributed by atoms with Crippen molar-refractivity contribution in [2.75, 3.05) is 0 Å². The van der Waals surface area contributed by atoms with Crippen LogP contribution in [0.5, 0.6) is 0 Å². The van der Waals surface area contributed by atoms with Gasteiger partial charge >= 0.3 is 5.97 Å². The summed E-state index contributed by atoms with van der Waals surface area (Å²) in [4.78, 5) is 15.1. The maximum atomic E-state index is 10.8. The van der Waals surface area contributed by atoms with E-state index in [1.165, 1.54) is 12.1 Å². The van der Waals surface area contributed by atoms with Crippen molar-refractivity contribution in [3.63, 3.8) is 0 Å². The molecule has 1 aromatic heterocycles. The Hall–Kier alpha value is -3.14. The topological polar surface area (TPSA) is 99.5 Å². The first kappa shape index (κ1) is 18.6. The Balaban J connectivity index is 1.83. The molecule has 0 aliphatic heterocycles. The molecule has 0 fully saturated rings. The fraction of sp³-hybridized carbons (Fsp3) is 0.0526. The third-order valence-electron chi connectivity index (χ3n) is 3.71. The standard InChI is InChI=1S/C19H11Cl2N3O3/c20-14-2-1-3-15(21)17(14)18-13(10-22)16(27-24-18)8-9-23-12-6-4-11(5-7-12)19(25)26/h1-7,9H,8H2,(H,25,26). The number of rotatable bonds is 5. The van der Waals surface area contributed by atoms with E-state index >= 15 is 0 Å². The van der Waals surface area contributed by atoms with E-state index in [0.29, 0.717) is 27.1 Å². The number of aromatic carboxylic acids is 1. The van der Waals surface area contributed by atoms with Gasteiger partial charge in [-0.05, 0) is 36.4 Å². The smallest absolute Gasteiger partial charge is 0.335 e. The number of carboxylic acid groups (broad SMARTS) is 1. The third kappa shape index (κ3) is 4.00. The third-order valence-corrected chi connectivity index (χ3v) is 4.34. The highest BCUT2D eigenvalue weighted by molar-refractivity contribution is 6.39. The molecule has 0 atom stereocenters. The van der Waals surface area contributed by atoms with Gasteiger partial charge in [-0.2, -0.15) is 5.26 Å². The molecule has 1 heterocycles. The fourth-order valence-electron chi connectivity index (χ4n) is 2.40. The van der Waals surface area contributed by atoms with Crippen molar-refractivity contribution in [1.82, 2.24) is 5.16 Å². The summed E-state index contributed by atoms with van der Waals surface area (Å²) in [6.45, 7) is 0. The molecule has 6 nitrogen and oxygen atoms in total. The molecular formula is C19H11Cl2N3O3. The van der Waals surface area contributed by atoms with E-state index in [1.807, 2.05) is 0 Å². The van der Waals surface area contributed by atoms with Crippen LogP contribution in [0.2, 0.25) is 10.0 Å². The molecule has 134 valence electrons. The van der Waals surface area contributed by atoms with Gasteiger partial charge in [-0.1, -0.05) is 34.4 Å². The second kappa shape index (κ2) is 8.04. The van der Waals surface area contributed by atoms with E-state index in [2.05, 4.69) is 16.2 Å². The summed E-state index contributed by atoms with van der Waals surface area (Å²) in [5.41, 5.74) is 1.71. The van der Waals surface area contributed by atoms with Crippen LogP contribution in [0, 0.1) is 11.3 Å². The maximum absolute atomic E-state index is 10.8. The predicted octanol–water partition coefficient (Wildman–Crippen LogP) is 5.16. The second-order valence-corrected chi connectivity index (χ2v) is 6.22. The van der Waals surface area contributed by atoms with Crippen molar-refractivity contribution in [2.24, 2.45) is 4.99 Å². The molecule has 1 N–H and O–H groups in total. The molecule has 0 bridgehead atoms. The number of aliphatic imine (C=N–C) groups is 1. The maximum Gasteiger partial charge on any atom is 0.335 e. The van der Waals surface area contributed by atoms with Crippen LogP contribution in [0.25, 0.3) is 11.3 Å². The van der Waals surface area contributed by atoms with Crippen LogP contribution in [0.4, 0.5) is 5.69 Å². The lowest BCUT2D eigenvalue weighted by atomic mass is 10.1. The fourth-order valence-corrected chi connectivity index (χ4v) is 2.97. The van der Waals surface area contributed by atoms with E-state index in [4.69, 9.17) is 32.8 Å². The molecule has 8 heteroatoms. The number of hydrogen-bond acceptors (Lipinski definition) is 5. The molecule has 0 aliphatic rings. The minimum absolute atomic E-state index is 0.178. The lowest BCUT2D eigenvalue weighted by Gasteiger charge is -2.02. The van der Waals surface area contributed by atoms with Crippen molar-refractivity contribution >= 4 is 41.1 Å². The Bertz CT molecular complexity index is 1050. The molecule has 0 radical (unpaired) electrons. The minimum atomic E-state index is -1.00. The Morgan fingerprint density at radius 2 is 1.89 bits per heavy atom. The summed E-state index contributed by atoms with van der Waals surface area (Å²) in [5, 5.41) is 23.1. The summed E-state index contributed by atoms with van der Waals surface area (Å²) in [7, 11) is 0. The van der Waals surface area contributed by atoms with Gasteiger partial charge in [0, 0.05) is 18.2 Å². The Labute approximate surface area is 164 Å². The van der Waals surface area contributed by atoms with Gasteiger partial charge in [-0.3, -0.25) is 4.99 Å². The largest absolute Gasteiger partial charge is 0.478 e. The molecule has 2 aromatic carbocycles. The van der Waals surface area contributed by atoms with Gasteiger partial charge in [-0.15, -0.1) is 0 Å². The van der Waals surface area contributed by atoms with E-state index in [0.717, 1.165) is 0 Å². The van der Waals surface area contributed by atoms with Gasteiger partial charge in [0.05, 0.1) is 21.3 Å². The first-order valence-corrected chi connectivity index (χ1v) is 8.45. The number of benzene rings is 2. The number of carbonyl (C=O) groups is 1. The van der Waals surface area contributed by atoms with Gasteiger partial charge in [0.2, 0.25) is 0 Å². The molecule has 0 saturated carbocycles. The summed E-state index contributed by atoms with van der Waals surface area (Å²) in [6, 6.07) is 13.2. The molecule has 27 heavy (non-hydrogen) atoms. The van der Waals surface area contributed by atoms with Crippen LogP contribution in [-0.2, 0) is 6.42 Å². The minimum Gasteiger partial charge on any atom is -0.478 e. The number of nitriles is 1. The molecule has 3 aromatic rings. The Morgan fingerprint density at radius 3 is 2.48 bits per heavy atom. The highest BCUT2D eigenvalue weighted by atomic mass is 35.5. The van der Waals surface area contributed by atoms with Crippen LogP contribution in [-0.4, -0.2) is 22.4 Å². The molecule has 3 rings (SSSR count). The summed E-state index contributed by atoms with van der Waals surface area (Å²) in [6.07, 6.45) is 1.77. The number of carboxylic acids is 1. The predicted molar refractivity (Wildman–Crippen MR) is 102 cm³/mol. The molecule has 0 spiro atoms. The summed E-state index contributed by atoms with van der Waals surface area (Å²) in [5.74, 6) is -0.675. The van der Waals surface area contributed by atoms with Gasteiger partial charge in [0.25, 0.3) is 0 Å². The molecule has 0 amide bonds. The summed E-state index contributed by atoms with van der Waals surface area (Å²) >= 11 is 12.4. The van der Waals surface area contributed by atoms with Crippen molar-refractivity contribution in [1.29, 1.82) is 5.26 Å². The summed E-state index contributed by atoms with van der Waals surface area (Å²) < 4.78 is 5.28. The van der Waals surface area contributed by atoms with E-state index < -0.39 is 5.97 Å². The zero-order valence-electron chi connectivity index (χ0n) is 13.7. The van der Waals surface area contributed by atoms with Crippen LogP contribution in [0.15, 0.2) is 52.0 Å². The number of nitrogens with zero attached hydrogens (tertiary/aromatic N) is 3. The molecular weight excluding hydrogens is 389 g/mol. The molecule has 0 unspecified atom stereocenters. The van der Waals surface area contributed by atoms with Crippen molar-refractivity contribution < 1.29 is 14.4 Å². The van der Waals surface area contributed by atoms with Crippen LogP contribution in [0.3, 0.4) is 0 Å². The average molecular weight is 400 g/mol. The van der Waals surface area contributed by atoms with Crippen LogP contribution < -0.4 is 0 Å². The number of hydrogen-bond donors (Lipinski definition) is 1. The lowest BCUT2D eigenvalue weighted by Crippen LogP contribution is -1.94. The first-order chi connectivity index (χ1) is 13.0. The SMILES string of the molecule is N#Cc1c(-c2c(Cl)cccc2Cl)noc1CC=Nc1ccc(C(=O)O)cc1. The quantitative estimate of drug-likeness (QED) is 0.596. The highest BCUT2D eigenvalue weighted by Crippen LogP contribution is 2.36. The van der Waals surface area contributed by atoms with Crippen molar-refractivity contribution in [2.45, 2.75) is 6.42 Å². The molecule has 0 aliphatic carbocycles. The van der Waals surface area contributed by atoms with Gasteiger partial charge in [0.1, 0.15) is 17.3 Å². The average Bonchev–Trinajstić information content (AvgIpc) is 3.04. The second-order valence-electron chi connectivity index (χ2n) is 5.41. The van der Waals surface area contributed by atoms with E-state index in [9.17, 15) is 10.1 Å².